The number of hydrogen-bond acceptors (Lipinski definition) is 3. The summed E-state index contributed by atoms with van der Waals surface area (Å²) >= 11 is 0. The van der Waals surface area contributed by atoms with Gasteiger partial charge in [-0.05, 0) is 62.4 Å². The summed E-state index contributed by atoms with van der Waals surface area (Å²) in [6.45, 7) is 5.62. The minimum atomic E-state index is -3.75. The first-order valence-corrected chi connectivity index (χ1v) is 11.4. The number of amides is 1. The van der Waals surface area contributed by atoms with E-state index in [4.69, 9.17) is 0 Å². The molecule has 1 saturated carbocycles. The van der Waals surface area contributed by atoms with E-state index in [2.05, 4.69) is 0 Å². The molecule has 0 saturated heterocycles. The van der Waals surface area contributed by atoms with Crippen LogP contribution in [-0.4, -0.2) is 38.9 Å². The Morgan fingerprint density at radius 3 is 2.36 bits per heavy atom. The minimum absolute atomic E-state index is 0.0893. The van der Waals surface area contributed by atoms with Crippen LogP contribution in [-0.2, 0) is 10.0 Å². The molecule has 0 unspecified atom stereocenters. The number of sulfonamides is 1. The monoisotopic (exact) mass is 400 g/mol. The average molecular weight is 401 g/mol. The fraction of sp³-hybridized carbons (Fsp3) is 0.409. The Hall–Kier alpha value is -2.34. The second kappa shape index (κ2) is 8.78. The zero-order valence-corrected chi connectivity index (χ0v) is 17.4. The third-order valence-corrected chi connectivity index (χ3v) is 6.86. The topological polar surface area (TPSA) is 57.7 Å². The van der Waals surface area contributed by atoms with Crippen LogP contribution in [0.15, 0.2) is 59.5 Å². The molecule has 0 spiro atoms. The number of carbonyl (C=O) groups excluding carboxylic acids is 1. The van der Waals surface area contributed by atoms with Crippen molar-refractivity contribution in [3.8, 4) is 0 Å². The first-order chi connectivity index (χ1) is 13.5. The molecule has 1 fully saturated rings. The normalized spacial score (nSPS) is 13.9. The molecule has 28 heavy (non-hydrogen) atoms. The van der Waals surface area contributed by atoms with Crippen molar-refractivity contribution in [2.24, 2.45) is 5.92 Å². The standard InChI is InChI=1S/C22H28N2O3S/c1-3-15-23(17-18-13-14-18)22(25)19-9-8-12-21(16-19)28(26,27)24(4-2)20-10-6-5-7-11-20/h5-12,16,18H,3-4,13-15,17H2,1-2H3. The molecule has 2 aromatic carbocycles. The largest absolute Gasteiger partial charge is 0.338 e. The summed E-state index contributed by atoms with van der Waals surface area (Å²) in [5, 5.41) is 0. The highest BCUT2D eigenvalue weighted by atomic mass is 32.2. The van der Waals surface area contributed by atoms with Gasteiger partial charge < -0.3 is 4.90 Å². The van der Waals surface area contributed by atoms with Gasteiger partial charge in [-0.25, -0.2) is 8.42 Å². The number of carbonyl (C=O) groups is 1. The quantitative estimate of drug-likeness (QED) is 0.635. The summed E-state index contributed by atoms with van der Waals surface area (Å²) in [6.07, 6.45) is 3.23. The van der Waals surface area contributed by atoms with Crippen LogP contribution in [0, 0.1) is 5.92 Å². The highest BCUT2D eigenvalue weighted by Crippen LogP contribution is 2.30. The molecule has 6 heteroatoms. The van der Waals surface area contributed by atoms with Gasteiger partial charge in [0.2, 0.25) is 0 Å². The minimum Gasteiger partial charge on any atom is -0.338 e. The van der Waals surface area contributed by atoms with E-state index in [1.807, 2.05) is 30.0 Å². The molecule has 0 aliphatic heterocycles. The lowest BCUT2D eigenvalue weighted by Gasteiger charge is -2.24. The van der Waals surface area contributed by atoms with E-state index in [9.17, 15) is 13.2 Å². The van der Waals surface area contributed by atoms with Crippen LogP contribution in [0.5, 0.6) is 0 Å². The van der Waals surface area contributed by atoms with E-state index in [0.717, 1.165) is 13.0 Å². The Morgan fingerprint density at radius 1 is 1.04 bits per heavy atom. The molecule has 3 rings (SSSR count). The molecule has 5 nitrogen and oxygen atoms in total. The predicted octanol–water partition coefficient (Wildman–Crippen LogP) is 4.16. The summed E-state index contributed by atoms with van der Waals surface area (Å²) < 4.78 is 27.8. The van der Waals surface area contributed by atoms with Crippen molar-refractivity contribution in [1.82, 2.24) is 4.90 Å². The molecule has 1 aliphatic carbocycles. The third-order valence-electron chi connectivity index (χ3n) is 4.96. The van der Waals surface area contributed by atoms with E-state index >= 15 is 0 Å². The van der Waals surface area contributed by atoms with E-state index in [1.165, 1.54) is 23.2 Å². The molecular weight excluding hydrogens is 372 g/mol. The molecule has 2 aromatic rings. The van der Waals surface area contributed by atoms with Crippen molar-refractivity contribution >= 4 is 21.6 Å². The van der Waals surface area contributed by atoms with Crippen LogP contribution < -0.4 is 4.31 Å². The highest BCUT2D eigenvalue weighted by Gasteiger charge is 2.28. The molecule has 1 amide bonds. The maximum atomic E-state index is 13.2. The fourth-order valence-electron chi connectivity index (χ4n) is 3.34. The number of hydrogen-bond donors (Lipinski definition) is 0. The lowest BCUT2D eigenvalue weighted by atomic mass is 10.2. The van der Waals surface area contributed by atoms with Gasteiger partial charge >= 0.3 is 0 Å². The third kappa shape index (κ3) is 4.55. The lowest BCUT2D eigenvalue weighted by Crippen LogP contribution is -2.34. The predicted molar refractivity (Wildman–Crippen MR) is 112 cm³/mol. The van der Waals surface area contributed by atoms with Gasteiger partial charge in [-0.1, -0.05) is 31.2 Å². The van der Waals surface area contributed by atoms with Gasteiger partial charge in [0, 0.05) is 25.2 Å². The van der Waals surface area contributed by atoms with Gasteiger partial charge in [0.05, 0.1) is 10.6 Å². The van der Waals surface area contributed by atoms with Crippen molar-refractivity contribution in [3.05, 3.63) is 60.2 Å². The number of para-hydroxylation sites is 1. The second-order valence-corrected chi connectivity index (χ2v) is 9.09. The van der Waals surface area contributed by atoms with Crippen molar-refractivity contribution in [2.75, 3.05) is 23.9 Å². The smallest absolute Gasteiger partial charge is 0.264 e. The number of anilines is 1. The van der Waals surface area contributed by atoms with Crippen molar-refractivity contribution < 1.29 is 13.2 Å². The zero-order valence-electron chi connectivity index (χ0n) is 16.5. The van der Waals surface area contributed by atoms with Crippen LogP contribution in [0.1, 0.15) is 43.5 Å². The van der Waals surface area contributed by atoms with Crippen LogP contribution in [0.4, 0.5) is 5.69 Å². The van der Waals surface area contributed by atoms with Gasteiger partial charge in [0.15, 0.2) is 0 Å². The van der Waals surface area contributed by atoms with Crippen LogP contribution >= 0.6 is 0 Å². The molecule has 0 atom stereocenters. The number of rotatable bonds is 9. The SMILES string of the molecule is CCCN(CC1CC1)C(=O)c1cccc(S(=O)(=O)N(CC)c2ccccc2)c1. The van der Waals surface area contributed by atoms with E-state index in [0.29, 0.717) is 30.3 Å². The first kappa shape index (κ1) is 20.4. The molecule has 150 valence electrons. The summed E-state index contributed by atoms with van der Waals surface area (Å²) in [6, 6.07) is 15.5. The zero-order chi connectivity index (χ0) is 20.1. The Balaban J connectivity index is 1.89. The van der Waals surface area contributed by atoms with Crippen molar-refractivity contribution in [1.29, 1.82) is 0 Å². The Labute approximate surface area is 168 Å². The molecule has 0 heterocycles. The molecular formula is C22H28N2O3S. The lowest BCUT2D eigenvalue weighted by molar-refractivity contribution is 0.0747. The summed E-state index contributed by atoms with van der Waals surface area (Å²) in [5.74, 6) is 0.504. The second-order valence-electron chi connectivity index (χ2n) is 7.23. The van der Waals surface area contributed by atoms with E-state index in [-0.39, 0.29) is 10.8 Å². The summed E-state index contributed by atoms with van der Waals surface area (Å²) in [4.78, 5) is 15.0. The fourth-order valence-corrected chi connectivity index (χ4v) is 4.86. The van der Waals surface area contributed by atoms with Gasteiger partial charge in [-0.3, -0.25) is 9.10 Å². The van der Waals surface area contributed by atoms with Crippen molar-refractivity contribution in [3.63, 3.8) is 0 Å². The van der Waals surface area contributed by atoms with Crippen molar-refractivity contribution in [2.45, 2.75) is 38.0 Å². The summed E-state index contributed by atoms with van der Waals surface area (Å²) in [7, 11) is -3.75. The molecule has 1 aliphatic rings. The van der Waals surface area contributed by atoms with Crippen LogP contribution in [0.2, 0.25) is 0 Å². The Kier molecular flexibility index (Phi) is 6.39. The van der Waals surface area contributed by atoms with Gasteiger partial charge in [-0.15, -0.1) is 0 Å². The molecule has 0 bridgehead atoms. The maximum absolute atomic E-state index is 13.2. The Morgan fingerprint density at radius 2 is 1.75 bits per heavy atom. The number of benzene rings is 2. The first-order valence-electron chi connectivity index (χ1n) is 9.94. The van der Waals surface area contributed by atoms with E-state index in [1.54, 1.807) is 37.3 Å². The van der Waals surface area contributed by atoms with Gasteiger partial charge in [-0.2, -0.15) is 0 Å². The van der Waals surface area contributed by atoms with Crippen LogP contribution in [0.3, 0.4) is 0 Å². The number of nitrogens with zero attached hydrogens (tertiary/aromatic N) is 2. The summed E-state index contributed by atoms with van der Waals surface area (Å²) in [5.41, 5.74) is 1.04. The highest BCUT2D eigenvalue weighted by molar-refractivity contribution is 7.92. The maximum Gasteiger partial charge on any atom is 0.264 e. The van der Waals surface area contributed by atoms with Gasteiger partial charge in [0.25, 0.3) is 15.9 Å². The van der Waals surface area contributed by atoms with Gasteiger partial charge in [0.1, 0.15) is 0 Å². The molecule has 0 N–H and O–H groups in total. The average Bonchev–Trinajstić information content (AvgIpc) is 3.52. The molecule has 0 aromatic heterocycles. The Bertz CT molecular complexity index is 908. The molecule has 0 radical (unpaired) electrons. The van der Waals surface area contributed by atoms with E-state index < -0.39 is 10.0 Å². The van der Waals surface area contributed by atoms with Crippen LogP contribution in [0.25, 0.3) is 0 Å².